The molecule has 1 fully saturated rings. The summed E-state index contributed by atoms with van der Waals surface area (Å²) < 4.78 is 2.38. The number of fused-ring (bicyclic) bond motifs is 1. The zero-order valence-electron chi connectivity index (χ0n) is 11.6. The summed E-state index contributed by atoms with van der Waals surface area (Å²) >= 11 is 0. The van der Waals surface area contributed by atoms with Gasteiger partial charge in [0.25, 0.3) is 0 Å². The van der Waals surface area contributed by atoms with E-state index in [9.17, 15) is 10.1 Å². The highest BCUT2D eigenvalue weighted by Gasteiger charge is 2.22. The summed E-state index contributed by atoms with van der Waals surface area (Å²) in [5, 5.41) is 11.7. The topological polar surface area (TPSA) is 48.1 Å². The van der Waals surface area contributed by atoms with Gasteiger partial charge in [0.2, 0.25) is 6.20 Å². The average Bonchev–Trinajstić information content (AvgIpc) is 3.02. The minimum atomic E-state index is -0.402. The highest BCUT2D eigenvalue weighted by atomic mass is 16.6. The van der Waals surface area contributed by atoms with Crippen molar-refractivity contribution in [3.63, 3.8) is 0 Å². The molecule has 4 heteroatoms. The van der Waals surface area contributed by atoms with Crippen LogP contribution in [-0.2, 0) is 0 Å². The first kappa shape index (κ1) is 12.9. The Morgan fingerprint density at radius 1 is 1.30 bits per heavy atom. The van der Waals surface area contributed by atoms with Crippen LogP contribution in [0.15, 0.2) is 30.5 Å². The highest BCUT2D eigenvalue weighted by Crippen LogP contribution is 2.37. The summed E-state index contributed by atoms with van der Waals surface area (Å²) in [6.45, 7) is 2.07. The second-order valence-corrected chi connectivity index (χ2v) is 5.43. The largest absolute Gasteiger partial charge is 0.341 e. The summed E-state index contributed by atoms with van der Waals surface area (Å²) in [6.07, 6.45) is 7.63. The number of rotatable bonds is 3. The molecule has 0 saturated heterocycles. The lowest BCUT2D eigenvalue weighted by atomic mass is 10.1. The van der Waals surface area contributed by atoms with Gasteiger partial charge in [-0.3, -0.25) is 10.1 Å². The van der Waals surface area contributed by atoms with E-state index in [0.29, 0.717) is 6.04 Å². The van der Waals surface area contributed by atoms with Crippen molar-refractivity contribution in [2.75, 3.05) is 0 Å². The summed E-state index contributed by atoms with van der Waals surface area (Å²) in [5.74, 6) is 0. The van der Waals surface area contributed by atoms with Crippen LogP contribution < -0.4 is 0 Å². The van der Waals surface area contributed by atoms with Gasteiger partial charge < -0.3 is 4.57 Å². The first-order valence-corrected chi connectivity index (χ1v) is 7.09. The van der Waals surface area contributed by atoms with E-state index in [2.05, 4.69) is 17.6 Å². The molecular formula is C16H18N2O2. The Morgan fingerprint density at radius 3 is 2.70 bits per heavy atom. The predicted molar refractivity (Wildman–Crippen MR) is 80.2 cm³/mol. The fourth-order valence-corrected chi connectivity index (χ4v) is 3.40. The summed E-state index contributed by atoms with van der Waals surface area (Å²) in [6, 6.07) is 8.73. The molecule has 4 nitrogen and oxygen atoms in total. The lowest BCUT2D eigenvalue weighted by Gasteiger charge is -2.16. The van der Waals surface area contributed by atoms with Crippen LogP contribution in [0.1, 0.15) is 43.0 Å². The van der Waals surface area contributed by atoms with Crippen LogP contribution in [0.4, 0.5) is 0 Å². The van der Waals surface area contributed by atoms with Crippen molar-refractivity contribution >= 4 is 17.0 Å². The number of hydrogen-bond donors (Lipinski definition) is 0. The van der Waals surface area contributed by atoms with E-state index in [1.807, 2.05) is 18.2 Å². The van der Waals surface area contributed by atoms with Gasteiger partial charge in [-0.25, -0.2) is 0 Å². The highest BCUT2D eigenvalue weighted by molar-refractivity contribution is 5.91. The van der Waals surface area contributed by atoms with Gasteiger partial charge in [-0.2, -0.15) is 0 Å². The molecule has 0 unspecified atom stereocenters. The Morgan fingerprint density at radius 2 is 2.00 bits per heavy atom. The summed E-state index contributed by atoms with van der Waals surface area (Å²) in [5.41, 5.74) is 3.31. The molecule has 0 amide bonds. The zero-order valence-corrected chi connectivity index (χ0v) is 11.6. The Bertz CT molecular complexity index is 679. The maximum absolute atomic E-state index is 10.6. The minimum absolute atomic E-state index is 0.402. The Kier molecular flexibility index (Phi) is 3.30. The normalized spacial score (nSPS) is 16.4. The quantitative estimate of drug-likeness (QED) is 0.616. The molecule has 1 saturated carbocycles. The third-order valence-electron chi connectivity index (χ3n) is 4.26. The fourth-order valence-electron chi connectivity index (χ4n) is 3.40. The third kappa shape index (κ3) is 2.11. The van der Waals surface area contributed by atoms with Crippen molar-refractivity contribution in [3.8, 4) is 0 Å². The van der Waals surface area contributed by atoms with Crippen LogP contribution >= 0.6 is 0 Å². The summed E-state index contributed by atoms with van der Waals surface area (Å²) in [4.78, 5) is 10.2. The van der Waals surface area contributed by atoms with Crippen molar-refractivity contribution in [2.24, 2.45) is 0 Å². The Balaban J connectivity index is 2.19. The molecule has 0 radical (unpaired) electrons. The number of hydrogen-bond acceptors (Lipinski definition) is 2. The average molecular weight is 270 g/mol. The standard InChI is InChI=1S/C16H18N2O2/c1-12-14(10-11-17(19)20)15-8-4-5-9-16(15)18(12)13-6-2-3-7-13/h4-5,8-11,13H,2-3,6-7H2,1H3. The molecule has 1 heterocycles. The van der Waals surface area contributed by atoms with E-state index in [0.717, 1.165) is 22.8 Å². The first-order valence-electron chi connectivity index (χ1n) is 7.09. The van der Waals surface area contributed by atoms with Crippen molar-refractivity contribution in [2.45, 2.75) is 38.6 Å². The predicted octanol–water partition coefficient (Wildman–Crippen LogP) is 4.31. The van der Waals surface area contributed by atoms with E-state index in [4.69, 9.17) is 0 Å². The smallest absolute Gasteiger partial charge is 0.235 e. The molecule has 1 aliphatic carbocycles. The molecule has 0 atom stereocenters. The van der Waals surface area contributed by atoms with Gasteiger partial charge in [-0.05, 0) is 25.8 Å². The van der Waals surface area contributed by atoms with Gasteiger partial charge in [-0.15, -0.1) is 0 Å². The molecule has 0 spiro atoms. The van der Waals surface area contributed by atoms with Gasteiger partial charge in [-0.1, -0.05) is 31.0 Å². The van der Waals surface area contributed by atoms with Crippen LogP contribution in [0.3, 0.4) is 0 Å². The minimum Gasteiger partial charge on any atom is -0.341 e. The molecular weight excluding hydrogens is 252 g/mol. The second kappa shape index (κ2) is 5.12. The molecule has 2 aromatic rings. The maximum Gasteiger partial charge on any atom is 0.235 e. The molecule has 20 heavy (non-hydrogen) atoms. The van der Waals surface area contributed by atoms with E-state index in [-0.39, 0.29) is 0 Å². The maximum atomic E-state index is 10.6. The monoisotopic (exact) mass is 270 g/mol. The first-order chi connectivity index (χ1) is 9.68. The number of nitro groups is 1. The van der Waals surface area contributed by atoms with Crippen LogP contribution in [0.5, 0.6) is 0 Å². The Hall–Kier alpha value is -2.10. The van der Waals surface area contributed by atoms with Crippen LogP contribution in [0.2, 0.25) is 0 Å². The number of aromatic nitrogens is 1. The van der Waals surface area contributed by atoms with Gasteiger partial charge in [0.05, 0.1) is 4.92 Å². The van der Waals surface area contributed by atoms with Crippen LogP contribution in [-0.4, -0.2) is 9.49 Å². The molecule has 0 N–H and O–H groups in total. The number of nitrogens with zero attached hydrogens (tertiary/aromatic N) is 2. The lowest BCUT2D eigenvalue weighted by molar-refractivity contribution is -0.400. The van der Waals surface area contributed by atoms with Crippen molar-refractivity contribution in [1.82, 2.24) is 4.57 Å². The SMILES string of the molecule is Cc1c(C=C[N+](=O)[O-])c2ccccc2n1C1CCCC1. The van der Waals surface area contributed by atoms with Gasteiger partial charge in [0, 0.05) is 34.3 Å². The van der Waals surface area contributed by atoms with Crippen LogP contribution in [0, 0.1) is 17.0 Å². The van der Waals surface area contributed by atoms with Crippen molar-refractivity contribution < 1.29 is 4.92 Å². The van der Waals surface area contributed by atoms with Crippen molar-refractivity contribution in [3.05, 3.63) is 51.8 Å². The van der Waals surface area contributed by atoms with E-state index in [1.54, 1.807) is 6.08 Å². The number of benzene rings is 1. The van der Waals surface area contributed by atoms with Gasteiger partial charge in [0.1, 0.15) is 0 Å². The zero-order chi connectivity index (χ0) is 14.1. The molecule has 104 valence electrons. The molecule has 0 bridgehead atoms. The number of para-hydroxylation sites is 1. The second-order valence-electron chi connectivity index (χ2n) is 5.43. The van der Waals surface area contributed by atoms with Gasteiger partial charge in [0.15, 0.2) is 0 Å². The molecule has 1 aliphatic rings. The molecule has 1 aromatic carbocycles. The van der Waals surface area contributed by atoms with E-state index >= 15 is 0 Å². The lowest BCUT2D eigenvalue weighted by Crippen LogP contribution is -2.06. The summed E-state index contributed by atoms with van der Waals surface area (Å²) in [7, 11) is 0. The van der Waals surface area contributed by atoms with E-state index in [1.165, 1.54) is 31.2 Å². The molecule has 1 aromatic heterocycles. The van der Waals surface area contributed by atoms with Crippen molar-refractivity contribution in [1.29, 1.82) is 0 Å². The Labute approximate surface area is 117 Å². The molecule has 0 aliphatic heterocycles. The third-order valence-corrected chi connectivity index (χ3v) is 4.26. The fraction of sp³-hybridized carbons (Fsp3) is 0.375. The van der Waals surface area contributed by atoms with E-state index < -0.39 is 4.92 Å². The van der Waals surface area contributed by atoms with Crippen LogP contribution in [0.25, 0.3) is 17.0 Å². The molecule has 3 rings (SSSR count). The van der Waals surface area contributed by atoms with Gasteiger partial charge >= 0.3 is 0 Å².